The van der Waals surface area contributed by atoms with E-state index < -0.39 is 0 Å². The molecule has 0 aliphatic heterocycles. The van der Waals surface area contributed by atoms with E-state index in [4.69, 9.17) is 15.2 Å². The van der Waals surface area contributed by atoms with Crippen LogP contribution in [0.25, 0.3) is 0 Å². The molecule has 0 heterocycles. The van der Waals surface area contributed by atoms with Gasteiger partial charge in [0.25, 0.3) is 5.91 Å². The van der Waals surface area contributed by atoms with Crippen molar-refractivity contribution in [1.29, 1.82) is 0 Å². The minimum atomic E-state index is -0.0651. The molecule has 1 amide bonds. The molecule has 0 fully saturated rings. The van der Waals surface area contributed by atoms with E-state index in [0.29, 0.717) is 11.5 Å². The zero-order valence-corrected chi connectivity index (χ0v) is 13.6. The molecule has 1 unspecified atom stereocenters. The Morgan fingerprint density at radius 3 is 2.48 bits per heavy atom. The van der Waals surface area contributed by atoms with Crippen LogP contribution in [0, 0.1) is 0 Å². The minimum absolute atomic E-state index is 0.00727. The summed E-state index contributed by atoms with van der Waals surface area (Å²) < 4.78 is 10.9. The second-order valence-electron chi connectivity index (χ2n) is 5.55. The standard InChI is InChI=1S/C16H26N2O3/c1-11(2)18(4)16(19)10-21-15-9-13(8-12(3)17)6-7-14(15)20-5/h6-7,9,11-12H,8,10,17H2,1-5H3. The molecule has 5 nitrogen and oxygen atoms in total. The van der Waals surface area contributed by atoms with Crippen molar-refractivity contribution in [3.63, 3.8) is 0 Å². The molecule has 21 heavy (non-hydrogen) atoms. The van der Waals surface area contributed by atoms with Crippen LogP contribution in [0.2, 0.25) is 0 Å². The van der Waals surface area contributed by atoms with Crippen LogP contribution in [0.1, 0.15) is 26.3 Å². The van der Waals surface area contributed by atoms with Gasteiger partial charge in [-0.25, -0.2) is 0 Å². The highest BCUT2D eigenvalue weighted by atomic mass is 16.5. The van der Waals surface area contributed by atoms with Gasteiger partial charge in [-0.05, 0) is 44.9 Å². The topological polar surface area (TPSA) is 64.8 Å². The Morgan fingerprint density at radius 2 is 1.95 bits per heavy atom. The van der Waals surface area contributed by atoms with Gasteiger partial charge in [0.15, 0.2) is 18.1 Å². The molecule has 0 saturated heterocycles. The summed E-state index contributed by atoms with van der Waals surface area (Å²) in [6.45, 7) is 5.86. The highest BCUT2D eigenvalue weighted by Crippen LogP contribution is 2.28. The lowest BCUT2D eigenvalue weighted by Crippen LogP contribution is -2.36. The fraction of sp³-hybridized carbons (Fsp3) is 0.562. The van der Waals surface area contributed by atoms with Gasteiger partial charge in [0, 0.05) is 19.1 Å². The van der Waals surface area contributed by atoms with Crippen molar-refractivity contribution >= 4 is 5.91 Å². The second-order valence-corrected chi connectivity index (χ2v) is 5.55. The predicted octanol–water partition coefficient (Wildman–Crippen LogP) is 1.83. The lowest BCUT2D eigenvalue weighted by atomic mass is 10.1. The van der Waals surface area contributed by atoms with Crippen LogP contribution in [0.5, 0.6) is 11.5 Å². The van der Waals surface area contributed by atoms with Crippen LogP contribution in [0.15, 0.2) is 18.2 Å². The molecule has 118 valence electrons. The molecule has 1 rings (SSSR count). The fourth-order valence-corrected chi connectivity index (χ4v) is 1.86. The van der Waals surface area contributed by atoms with Gasteiger partial charge in [-0.3, -0.25) is 4.79 Å². The number of carbonyl (C=O) groups is 1. The molecule has 0 bridgehead atoms. The van der Waals surface area contributed by atoms with Gasteiger partial charge in [-0.1, -0.05) is 6.07 Å². The highest BCUT2D eigenvalue weighted by Gasteiger charge is 2.14. The van der Waals surface area contributed by atoms with Crippen LogP contribution < -0.4 is 15.2 Å². The molecule has 0 radical (unpaired) electrons. The molecular formula is C16H26N2O3. The largest absolute Gasteiger partial charge is 0.493 e. The third-order valence-corrected chi connectivity index (χ3v) is 3.30. The SMILES string of the molecule is COc1ccc(CC(C)N)cc1OCC(=O)N(C)C(C)C. The third kappa shape index (κ3) is 5.27. The number of benzene rings is 1. The van der Waals surface area contributed by atoms with E-state index in [1.165, 1.54) is 0 Å². The number of nitrogens with zero attached hydrogens (tertiary/aromatic N) is 1. The smallest absolute Gasteiger partial charge is 0.260 e. The number of likely N-dealkylation sites (N-methyl/N-ethyl adjacent to an activating group) is 1. The van der Waals surface area contributed by atoms with E-state index in [9.17, 15) is 4.79 Å². The molecule has 1 aromatic carbocycles. The zero-order chi connectivity index (χ0) is 16.0. The molecule has 5 heteroatoms. The molecule has 1 aromatic rings. The number of ether oxygens (including phenoxy) is 2. The van der Waals surface area contributed by atoms with Gasteiger partial charge in [0.05, 0.1) is 7.11 Å². The summed E-state index contributed by atoms with van der Waals surface area (Å²) in [6.07, 6.45) is 0.750. The molecule has 1 atom stereocenters. The van der Waals surface area contributed by atoms with E-state index >= 15 is 0 Å². The van der Waals surface area contributed by atoms with Gasteiger partial charge in [0.1, 0.15) is 0 Å². The summed E-state index contributed by atoms with van der Waals surface area (Å²) in [7, 11) is 3.34. The van der Waals surface area contributed by atoms with Crippen molar-refractivity contribution in [2.45, 2.75) is 39.3 Å². The summed E-state index contributed by atoms with van der Waals surface area (Å²) >= 11 is 0. The number of carbonyl (C=O) groups excluding carboxylic acids is 1. The lowest BCUT2D eigenvalue weighted by molar-refractivity contribution is -0.133. The summed E-state index contributed by atoms with van der Waals surface area (Å²) in [6, 6.07) is 5.89. The Labute approximate surface area is 127 Å². The molecule has 0 aliphatic rings. The maximum absolute atomic E-state index is 12.0. The Balaban J connectivity index is 2.78. The predicted molar refractivity (Wildman–Crippen MR) is 83.7 cm³/mol. The monoisotopic (exact) mass is 294 g/mol. The minimum Gasteiger partial charge on any atom is -0.493 e. The zero-order valence-electron chi connectivity index (χ0n) is 13.6. The Hall–Kier alpha value is -1.75. The van der Waals surface area contributed by atoms with Crippen LogP contribution in [0.4, 0.5) is 0 Å². The van der Waals surface area contributed by atoms with Crippen molar-refractivity contribution in [3.8, 4) is 11.5 Å². The number of hydrogen-bond donors (Lipinski definition) is 1. The van der Waals surface area contributed by atoms with Crippen LogP contribution in [-0.4, -0.2) is 43.7 Å². The molecule has 0 spiro atoms. The molecule has 2 N–H and O–H groups in total. The van der Waals surface area contributed by atoms with E-state index in [1.54, 1.807) is 19.1 Å². The van der Waals surface area contributed by atoms with Gasteiger partial charge < -0.3 is 20.1 Å². The van der Waals surface area contributed by atoms with Crippen molar-refractivity contribution in [2.24, 2.45) is 5.73 Å². The third-order valence-electron chi connectivity index (χ3n) is 3.30. The van der Waals surface area contributed by atoms with Crippen LogP contribution in [0.3, 0.4) is 0 Å². The van der Waals surface area contributed by atoms with Gasteiger partial charge in [-0.2, -0.15) is 0 Å². The number of methoxy groups -OCH3 is 1. The highest BCUT2D eigenvalue weighted by molar-refractivity contribution is 5.77. The van der Waals surface area contributed by atoms with Crippen molar-refractivity contribution in [2.75, 3.05) is 20.8 Å². The fourth-order valence-electron chi connectivity index (χ4n) is 1.86. The number of amides is 1. The van der Waals surface area contributed by atoms with E-state index in [2.05, 4.69) is 0 Å². The summed E-state index contributed by atoms with van der Waals surface area (Å²) in [5, 5.41) is 0. The number of hydrogen-bond acceptors (Lipinski definition) is 4. The Morgan fingerprint density at radius 1 is 1.29 bits per heavy atom. The summed E-state index contributed by atoms with van der Waals surface area (Å²) in [5.41, 5.74) is 6.87. The number of nitrogens with two attached hydrogens (primary N) is 1. The molecular weight excluding hydrogens is 268 g/mol. The molecule has 0 saturated carbocycles. The summed E-state index contributed by atoms with van der Waals surface area (Å²) in [5.74, 6) is 1.12. The van der Waals surface area contributed by atoms with Gasteiger partial charge >= 0.3 is 0 Å². The normalized spacial score (nSPS) is 12.1. The first-order valence-corrected chi connectivity index (χ1v) is 7.16. The van der Waals surface area contributed by atoms with Crippen molar-refractivity contribution in [3.05, 3.63) is 23.8 Å². The lowest BCUT2D eigenvalue weighted by Gasteiger charge is -2.22. The van der Waals surface area contributed by atoms with Gasteiger partial charge in [0.2, 0.25) is 0 Å². The quantitative estimate of drug-likeness (QED) is 0.833. The molecule has 0 aromatic heterocycles. The first-order chi connectivity index (χ1) is 9.85. The maximum Gasteiger partial charge on any atom is 0.260 e. The molecule has 0 aliphatic carbocycles. The maximum atomic E-state index is 12.0. The summed E-state index contributed by atoms with van der Waals surface area (Å²) in [4.78, 5) is 13.6. The Kier molecular flexibility index (Phi) is 6.49. The van der Waals surface area contributed by atoms with Crippen LogP contribution >= 0.6 is 0 Å². The van der Waals surface area contributed by atoms with E-state index in [-0.39, 0.29) is 24.6 Å². The van der Waals surface area contributed by atoms with Gasteiger partial charge in [-0.15, -0.1) is 0 Å². The van der Waals surface area contributed by atoms with Crippen molar-refractivity contribution in [1.82, 2.24) is 4.90 Å². The average Bonchev–Trinajstić information content (AvgIpc) is 2.43. The average molecular weight is 294 g/mol. The first kappa shape index (κ1) is 17.3. The van der Waals surface area contributed by atoms with E-state index in [0.717, 1.165) is 12.0 Å². The van der Waals surface area contributed by atoms with Crippen molar-refractivity contribution < 1.29 is 14.3 Å². The second kappa shape index (κ2) is 7.88. The number of rotatable bonds is 7. The van der Waals surface area contributed by atoms with Crippen LogP contribution in [-0.2, 0) is 11.2 Å². The Bertz CT molecular complexity index is 473. The van der Waals surface area contributed by atoms with E-state index in [1.807, 2.05) is 39.0 Å². The first-order valence-electron chi connectivity index (χ1n) is 7.16.